The second kappa shape index (κ2) is 17.2. The van der Waals surface area contributed by atoms with Gasteiger partial charge in [0.1, 0.15) is 17.2 Å². The van der Waals surface area contributed by atoms with Crippen LogP contribution in [0.3, 0.4) is 0 Å². The summed E-state index contributed by atoms with van der Waals surface area (Å²) < 4.78 is 35.2. The Kier molecular flexibility index (Phi) is 12.5. The van der Waals surface area contributed by atoms with Crippen molar-refractivity contribution in [3.8, 4) is 17.2 Å². The first kappa shape index (κ1) is 33.5. The highest BCUT2D eigenvalue weighted by atomic mass is 32.1. The van der Waals surface area contributed by atoms with E-state index in [2.05, 4.69) is 29.6 Å². The van der Waals surface area contributed by atoms with Crippen LogP contribution >= 0.6 is 11.3 Å². The van der Waals surface area contributed by atoms with E-state index in [0.29, 0.717) is 59.2 Å². The summed E-state index contributed by atoms with van der Waals surface area (Å²) >= 11 is 1.70. The van der Waals surface area contributed by atoms with Gasteiger partial charge in [-0.1, -0.05) is 30.3 Å². The van der Waals surface area contributed by atoms with Crippen molar-refractivity contribution in [1.29, 1.82) is 0 Å². The number of nitrogens with zero attached hydrogens (tertiary/aromatic N) is 1. The van der Waals surface area contributed by atoms with Gasteiger partial charge in [-0.3, -0.25) is 0 Å². The van der Waals surface area contributed by atoms with Crippen LogP contribution in [0, 0.1) is 0 Å². The molecule has 246 valence electrons. The molecule has 1 saturated heterocycles. The summed E-state index contributed by atoms with van der Waals surface area (Å²) in [6, 6.07) is 22.1. The lowest BCUT2D eigenvalue weighted by molar-refractivity contribution is -0.0199. The van der Waals surface area contributed by atoms with Crippen molar-refractivity contribution >= 4 is 28.2 Å². The van der Waals surface area contributed by atoms with Crippen molar-refractivity contribution in [2.75, 3.05) is 53.7 Å². The third-order valence-corrected chi connectivity index (χ3v) is 8.93. The van der Waals surface area contributed by atoms with Gasteiger partial charge in [0.15, 0.2) is 0 Å². The number of piperidine rings is 1. The summed E-state index contributed by atoms with van der Waals surface area (Å²) in [5.41, 5.74) is 2.03. The molecule has 1 aromatic heterocycles. The Balaban J connectivity index is 1.23. The zero-order valence-corrected chi connectivity index (χ0v) is 27.3. The SMILES string of the molecule is COCCCOc1cc(COC2CN(C(=O)O)CCC2c2ccc(OCCCOCc3cccs3)cc2)cc2c(OC)cccc12. The van der Waals surface area contributed by atoms with E-state index >= 15 is 0 Å². The number of benzene rings is 3. The first-order chi connectivity index (χ1) is 22.6. The number of fused-ring (bicyclic) bond motifs is 1. The fraction of sp³-hybridized carbons (Fsp3) is 0.417. The Morgan fingerprint density at radius 3 is 2.48 bits per heavy atom. The van der Waals surface area contributed by atoms with Gasteiger partial charge in [-0.2, -0.15) is 0 Å². The molecule has 0 bridgehead atoms. The summed E-state index contributed by atoms with van der Waals surface area (Å²) in [6.45, 7) is 4.03. The van der Waals surface area contributed by atoms with Crippen molar-refractivity contribution in [2.45, 2.75) is 44.5 Å². The topological polar surface area (TPSA) is 95.9 Å². The van der Waals surface area contributed by atoms with Crippen LogP contribution in [-0.4, -0.2) is 75.9 Å². The second-order valence-electron chi connectivity index (χ2n) is 11.2. The number of rotatable bonds is 17. The maximum Gasteiger partial charge on any atom is 0.407 e. The van der Waals surface area contributed by atoms with Gasteiger partial charge in [-0.15, -0.1) is 11.3 Å². The summed E-state index contributed by atoms with van der Waals surface area (Å²) in [5, 5.41) is 13.7. The minimum atomic E-state index is -0.933. The fourth-order valence-electron chi connectivity index (χ4n) is 5.72. The third kappa shape index (κ3) is 9.13. The average Bonchev–Trinajstić information content (AvgIpc) is 3.61. The van der Waals surface area contributed by atoms with Crippen LogP contribution in [-0.2, 0) is 27.4 Å². The third-order valence-electron chi connectivity index (χ3n) is 8.08. The summed E-state index contributed by atoms with van der Waals surface area (Å²) in [7, 11) is 3.33. The van der Waals surface area contributed by atoms with Gasteiger partial charge in [-0.05, 0) is 59.3 Å². The number of carbonyl (C=O) groups is 1. The molecule has 0 radical (unpaired) electrons. The van der Waals surface area contributed by atoms with E-state index in [9.17, 15) is 9.90 Å². The van der Waals surface area contributed by atoms with E-state index in [0.717, 1.165) is 52.0 Å². The number of ether oxygens (including phenoxy) is 6. The molecule has 1 aliphatic heterocycles. The predicted molar refractivity (Wildman–Crippen MR) is 179 cm³/mol. The molecule has 1 fully saturated rings. The molecule has 2 atom stereocenters. The van der Waals surface area contributed by atoms with Crippen molar-refractivity contribution in [2.24, 2.45) is 0 Å². The van der Waals surface area contributed by atoms with E-state index in [1.165, 1.54) is 9.78 Å². The van der Waals surface area contributed by atoms with Gasteiger partial charge in [0, 0.05) is 54.7 Å². The summed E-state index contributed by atoms with van der Waals surface area (Å²) in [6.07, 6.45) is 0.982. The lowest BCUT2D eigenvalue weighted by Gasteiger charge is -2.37. The molecule has 0 spiro atoms. The lowest BCUT2D eigenvalue weighted by Crippen LogP contribution is -2.46. The molecule has 1 amide bonds. The highest BCUT2D eigenvalue weighted by molar-refractivity contribution is 7.09. The molecular weight excluding hydrogens is 606 g/mol. The van der Waals surface area contributed by atoms with Crippen molar-refractivity contribution < 1.29 is 38.3 Å². The molecule has 2 unspecified atom stereocenters. The quantitative estimate of drug-likeness (QED) is 0.119. The van der Waals surface area contributed by atoms with Gasteiger partial charge in [0.25, 0.3) is 0 Å². The van der Waals surface area contributed by atoms with Gasteiger partial charge in [0.05, 0.1) is 52.8 Å². The van der Waals surface area contributed by atoms with Gasteiger partial charge < -0.3 is 38.4 Å². The minimum Gasteiger partial charge on any atom is -0.496 e. The normalized spacial score (nSPS) is 16.4. The van der Waals surface area contributed by atoms with E-state index < -0.39 is 6.09 Å². The Bertz CT molecular complexity index is 1510. The van der Waals surface area contributed by atoms with Crippen LogP contribution in [0.5, 0.6) is 17.2 Å². The molecule has 4 aromatic rings. The van der Waals surface area contributed by atoms with Crippen LogP contribution in [0.15, 0.2) is 72.1 Å². The molecule has 1 aliphatic rings. The van der Waals surface area contributed by atoms with Crippen LogP contribution < -0.4 is 14.2 Å². The molecule has 9 nitrogen and oxygen atoms in total. The van der Waals surface area contributed by atoms with Gasteiger partial charge in [-0.25, -0.2) is 4.79 Å². The van der Waals surface area contributed by atoms with Crippen molar-refractivity contribution in [3.63, 3.8) is 0 Å². The molecule has 5 rings (SSSR count). The standard InChI is InChI=1S/C36H43NO8S/c1-40-16-5-19-44-34-22-26(21-32-31(34)8-3-9-33(32)41-2)24-45-35-23-37(36(38)39)15-14-30(35)27-10-12-28(13-11-27)43-18-6-17-42-25-29-7-4-20-46-29/h3-4,7-13,20-22,30,35H,5-6,14-19,23-25H2,1-2H3,(H,38,39). The molecule has 0 aliphatic carbocycles. The zero-order chi connectivity index (χ0) is 32.1. The Morgan fingerprint density at radius 1 is 0.891 bits per heavy atom. The Labute approximate surface area is 274 Å². The van der Waals surface area contributed by atoms with Crippen LogP contribution in [0.1, 0.15) is 41.2 Å². The predicted octanol–water partition coefficient (Wildman–Crippen LogP) is 7.36. The maximum absolute atomic E-state index is 11.9. The number of hydrogen-bond acceptors (Lipinski definition) is 8. The first-order valence-electron chi connectivity index (χ1n) is 15.7. The molecule has 46 heavy (non-hydrogen) atoms. The van der Waals surface area contributed by atoms with Crippen molar-refractivity contribution in [3.05, 3.63) is 88.1 Å². The van der Waals surface area contributed by atoms with E-state index in [1.807, 2.05) is 42.5 Å². The van der Waals surface area contributed by atoms with E-state index in [4.69, 9.17) is 28.4 Å². The number of carboxylic acid groups (broad SMARTS) is 1. The largest absolute Gasteiger partial charge is 0.496 e. The summed E-state index contributed by atoms with van der Waals surface area (Å²) in [4.78, 5) is 14.6. The molecule has 3 aromatic carbocycles. The lowest BCUT2D eigenvalue weighted by atomic mass is 9.87. The number of amides is 1. The highest BCUT2D eigenvalue weighted by Gasteiger charge is 2.33. The average molecular weight is 650 g/mol. The monoisotopic (exact) mass is 649 g/mol. The fourth-order valence-corrected chi connectivity index (χ4v) is 6.36. The van der Waals surface area contributed by atoms with E-state index in [-0.39, 0.29) is 12.0 Å². The second-order valence-corrected chi connectivity index (χ2v) is 12.3. The molecule has 2 heterocycles. The number of likely N-dealkylation sites (tertiary alicyclic amines) is 1. The minimum absolute atomic E-state index is 0.0371. The Hall–Kier alpha value is -3.83. The van der Waals surface area contributed by atoms with Gasteiger partial charge >= 0.3 is 6.09 Å². The molecule has 0 saturated carbocycles. The van der Waals surface area contributed by atoms with Gasteiger partial charge in [0.2, 0.25) is 0 Å². The number of thiophene rings is 1. The van der Waals surface area contributed by atoms with E-state index in [1.54, 1.807) is 25.6 Å². The molecular formula is C36H43NO8S. The maximum atomic E-state index is 11.9. The van der Waals surface area contributed by atoms with Crippen LogP contribution in [0.2, 0.25) is 0 Å². The van der Waals surface area contributed by atoms with Crippen molar-refractivity contribution in [1.82, 2.24) is 4.90 Å². The zero-order valence-electron chi connectivity index (χ0n) is 26.5. The smallest absolute Gasteiger partial charge is 0.407 e. The van der Waals surface area contributed by atoms with Crippen LogP contribution in [0.4, 0.5) is 4.79 Å². The first-order valence-corrected chi connectivity index (χ1v) is 16.6. The summed E-state index contributed by atoms with van der Waals surface area (Å²) in [5.74, 6) is 2.34. The highest BCUT2D eigenvalue weighted by Crippen LogP contribution is 2.36. The number of hydrogen-bond donors (Lipinski definition) is 1. The number of methoxy groups -OCH3 is 2. The Morgan fingerprint density at radius 2 is 1.72 bits per heavy atom. The molecule has 10 heteroatoms. The molecule has 1 N–H and O–H groups in total. The van der Waals surface area contributed by atoms with Crippen LogP contribution in [0.25, 0.3) is 10.8 Å².